The first kappa shape index (κ1) is 13.7. The van der Waals surface area contributed by atoms with E-state index in [4.69, 9.17) is 20.9 Å². The number of carbonyl (C=O) groups is 2. The number of rotatable bonds is 3. The largest absolute Gasteiger partial charge is 0.478 e. The molecule has 0 aliphatic carbocycles. The summed E-state index contributed by atoms with van der Waals surface area (Å²) in [7, 11) is 0. The minimum atomic E-state index is -1.32. The molecule has 0 unspecified atom stereocenters. The monoisotopic (exact) mass is 284 g/mol. The molecule has 0 amide bonds. The van der Waals surface area contributed by atoms with Crippen LogP contribution in [-0.4, -0.2) is 31.9 Å². The third kappa shape index (κ3) is 2.39. The van der Waals surface area contributed by atoms with E-state index in [9.17, 15) is 9.59 Å². The Labute approximate surface area is 116 Å². The van der Waals surface area contributed by atoms with Crippen LogP contribution in [0.15, 0.2) is 24.4 Å². The van der Waals surface area contributed by atoms with Gasteiger partial charge >= 0.3 is 17.8 Å². The van der Waals surface area contributed by atoms with E-state index in [0.29, 0.717) is 0 Å². The van der Waals surface area contributed by atoms with Crippen molar-refractivity contribution in [2.75, 3.05) is 0 Å². The third-order valence-corrected chi connectivity index (χ3v) is 2.62. The highest BCUT2D eigenvalue weighted by Crippen LogP contribution is 2.24. The molecule has 102 valence electrons. The normalized spacial score (nSPS) is 9.62. The van der Waals surface area contributed by atoms with E-state index >= 15 is 0 Å². The molecule has 0 radical (unpaired) electrons. The summed E-state index contributed by atoms with van der Waals surface area (Å²) in [6.07, 6.45) is 1.11. The molecule has 0 aliphatic heterocycles. The van der Waals surface area contributed by atoms with Gasteiger partial charge in [0, 0.05) is 17.1 Å². The molecule has 0 bridgehead atoms. The highest BCUT2D eigenvalue weighted by molar-refractivity contribution is 5.94. The molecule has 1 heterocycles. The Hall–Kier alpha value is -3.72. The lowest BCUT2D eigenvalue weighted by Gasteiger charge is -2.01. The molecule has 21 heavy (non-hydrogen) atoms. The van der Waals surface area contributed by atoms with Crippen molar-refractivity contribution in [1.82, 2.24) is 9.78 Å². The molecule has 0 atom stereocenters. The molecule has 2 rings (SSSR count). The fraction of sp³-hybridized carbons (Fsp3) is 0. The summed E-state index contributed by atoms with van der Waals surface area (Å²) >= 11 is 0. The van der Waals surface area contributed by atoms with Crippen LogP contribution in [-0.2, 0) is 0 Å². The zero-order chi connectivity index (χ0) is 15.6. The van der Waals surface area contributed by atoms with Crippen LogP contribution in [0.1, 0.15) is 26.3 Å². The van der Waals surface area contributed by atoms with Crippen LogP contribution in [0.3, 0.4) is 0 Å². The van der Waals surface area contributed by atoms with Crippen LogP contribution in [0.5, 0.6) is 0 Å². The summed E-state index contributed by atoms with van der Waals surface area (Å²) in [5.74, 6) is -2.87. The number of nitriles is 1. The SMILES string of the molecule is N#Cc1cnn(-c2cc(C(=O)O)cc(C(=O)O)c2)c1[N+]#N. The van der Waals surface area contributed by atoms with Gasteiger partial charge in [-0.05, 0) is 6.07 Å². The molecule has 0 fully saturated rings. The lowest BCUT2D eigenvalue weighted by atomic mass is 10.1. The molecule has 9 nitrogen and oxygen atoms in total. The van der Waals surface area contributed by atoms with E-state index in [1.54, 1.807) is 6.07 Å². The molecule has 1 aromatic carbocycles. The van der Waals surface area contributed by atoms with Crippen molar-refractivity contribution in [2.45, 2.75) is 0 Å². The summed E-state index contributed by atoms with van der Waals surface area (Å²) in [6.45, 7) is 0. The average Bonchev–Trinajstić information content (AvgIpc) is 2.89. The summed E-state index contributed by atoms with van der Waals surface area (Å²) < 4.78 is 0.970. The lowest BCUT2D eigenvalue weighted by molar-refractivity contribution is 0.0696. The number of aromatic carboxylic acids is 2. The Kier molecular flexibility index (Phi) is 3.33. The maximum absolute atomic E-state index is 11.0. The number of benzene rings is 1. The van der Waals surface area contributed by atoms with Crippen LogP contribution in [0.2, 0.25) is 0 Å². The molecule has 2 N–H and O–H groups in total. The van der Waals surface area contributed by atoms with Crippen LogP contribution in [0, 0.1) is 16.7 Å². The van der Waals surface area contributed by atoms with Gasteiger partial charge in [-0.15, -0.1) is 0 Å². The molecule has 2 aromatic rings. The van der Waals surface area contributed by atoms with Gasteiger partial charge in [0.05, 0.1) is 22.7 Å². The second-order valence-electron chi connectivity index (χ2n) is 3.88. The standard InChI is InChI=1S/C12H5N5O4/c13-4-8-5-15-17(10(8)16-14)9-2-6(11(18)19)1-7(3-9)12(20)21/h1-3,5H,(H-,18,19,20,21)/p+1. The first-order chi connectivity index (χ1) is 9.97. The molecule has 0 spiro atoms. The molecular weight excluding hydrogens is 278 g/mol. The highest BCUT2D eigenvalue weighted by Gasteiger charge is 2.25. The maximum atomic E-state index is 11.0. The van der Waals surface area contributed by atoms with Gasteiger partial charge in [-0.1, -0.05) is 9.78 Å². The van der Waals surface area contributed by atoms with Crippen molar-refractivity contribution in [3.63, 3.8) is 0 Å². The second-order valence-corrected chi connectivity index (χ2v) is 3.88. The Balaban J connectivity index is 2.73. The van der Waals surface area contributed by atoms with Gasteiger partial charge in [0.15, 0.2) is 11.3 Å². The summed E-state index contributed by atoms with van der Waals surface area (Å²) in [6, 6.07) is 5.03. The number of carboxylic acids is 2. The Bertz CT molecular complexity index is 808. The van der Waals surface area contributed by atoms with Gasteiger partial charge < -0.3 is 10.2 Å². The first-order valence-electron chi connectivity index (χ1n) is 5.43. The van der Waals surface area contributed by atoms with Crippen LogP contribution in [0.25, 0.3) is 10.7 Å². The number of carboxylic acid groups (broad SMARTS) is 2. The van der Waals surface area contributed by atoms with E-state index in [1.807, 2.05) is 0 Å². The van der Waals surface area contributed by atoms with Gasteiger partial charge in [-0.3, -0.25) is 0 Å². The van der Waals surface area contributed by atoms with Crippen molar-refractivity contribution in [3.8, 4) is 11.8 Å². The fourth-order valence-corrected chi connectivity index (χ4v) is 1.69. The van der Waals surface area contributed by atoms with Crippen molar-refractivity contribution in [3.05, 3.63) is 46.1 Å². The van der Waals surface area contributed by atoms with Gasteiger partial charge in [0.25, 0.3) is 0 Å². The van der Waals surface area contributed by atoms with Gasteiger partial charge in [0.2, 0.25) is 0 Å². The molecule has 9 heteroatoms. The Morgan fingerprint density at radius 3 is 2.19 bits per heavy atom. The number of hydrogen-bond donors (Lipinski definition) is 2. The minimum absolute atomic E-state index is 0.0431. The number of nitrogens with zero attached hydrogens (tertiary/aromatic N) is 5. The summed E-state index contributed by atoms with van der Waals surface area (Å²) in [5.41, 5.74) is -0.553. The van der Waals surface area contributed by atoms with Gasteiger partial charge in [-0.25, -0.2) is 9.59 Å². The molecule has 1 aromatic heterocycles. The molecule has 0 saturated heterocycles. The third-order valence-electron chi connectivity index (χ3n) is 2.62. The predicted molar refractivity (Wildman–Crippen MR) is 66.9 cm³/mol. The topological polar surface area (TPSA) is 144 Å². The van der Waals surface area contributed by atoms with E-state index in [1.165, 1.54) is 0 Å². The fourth-order valence-electron chi connectivity index (χ4n) is 1.69. The average molecular weight is 284 g/mol. The van der Waals surface area contributed by atoms with E-state index in [2.05, 4.69) is 10.1 Å². The van der Waals surface area contributed by atoms with Crippen LogP contribution >= 0.6 is 0 Å². The first-order valence-corrected chi connectivity index (χ1v) is 5.43. The zero-order valence-corrected chi connectivity index (χ0v) is 10.3. The number of aromatic nitrogens is 2. The van der Waals surface area contributed by atoms with Gasteiger partial charge in [-0.2, -0.15) is 5.26 Å². The highest BCUT2D eigenvalue weighted by atomic mass is 16.4. The van der Waals surface area contributed by atoms with E-state index in [0.717, 1.165) is 29.1 Å². The van der Waals surface area contributed by atoms with Crippen molar-refractivity contribution in [1.29, 1.82) is 10.7 Å². The van der Waals surface area contributed by atoms with E-state index in [-0.39, 0.29) is 28.2 Å². The summed E-state index contributed by atoms with van der Waals surface area (Å²) in [4.78, 5) is 25.0. The van der Waals surface area contributed by atoms with Crippen LogP contribution < -0.4 is 0 Å². The van der Waals surface area contributed by atoms with E-state index < -0.39 is 11.9 Å². The number of hydrogen-bond acceptors (Lipinski definition) is 5. The predicted octanol–water partition coefficient (Wildman–Crippen LogP) is 1.62. The quantitative estimate of drug-likeness (QED) is 0.814. The Morgan fingerprint density at radius 2 is 1.76 bits per heavy atom. The zero-order valence-electron chi connectivity index (χ0n) is 10.3. The lowest BCUT2D eigenvalue weighted by Crippen LogP contribution is -2.06. The summed E-state index contributed by atoms with van der Waals surface area (Å²) in [5, 5.41) is 39.5. The van der Waals surface area contributed by atoms with Crippen molar-refractivity contribution >= 4 is 17.8 Å². The molecular formula is C12H6N5O4+. The van der Waals surface area contributed by atoms with Crippen molar-refractivity contribution in [2.24, 2.45) is 0 Å². The molecule has 0 aliphatic rings. The Morgan fingerprint density at radius 1 is 1.19 bits per heavy atom. The smallest absolute Gasteiger partial charge is 0.469 e. The van der Waals surface area contributed by atoms with Crippen LogP contribution in [0.4, 0.5) is 5.82 Å². The van der Waals surface area contributed by atoms with Crippen molar-refractivity contribution < 1.29 is 19.8 Å². The molecule has 0 saturated carbocycles. The second kappa shape index (κ2) is 5.11. The maximum Gasteiger partial charge on any atom is 0.469 e. The minimum Gasteiger partial charge on any atom is -0.478 e. The van der Waals surface area contributed by atoms with Gasteiger partial charge in [0.1, 0.15) is 6.07 Å². The number of diazo groups is 1.